The third kappa shape index (κ3) is 1.21. The van der Waals surface area contributed by atoms with Crippen molar-refractivity contribution in [1.29, 1.82) is 0 Å². The quantitative estimate of drug-likeness (QED) is 0.593. The molecule has 5 aliphatic heterocycles. The number of hydrogen-bond donors (Lipinski definition) is 0. The summed E-state index contributed by atoms with van der Waals surface area (Å²) in [6, 6.07) is -0.248. The molecular formula is C14H18N2O2. The summed E-state index contributed by atoms with van der Waals surface area (Å²) < 4.78 is 0. The van der Waals surface area contributed by atoms with Crippen molar-refractivity contribution in [1.82, 2.24) is 9.80 Å². The Labute approximate surface area is 107 Å². The summed E-state index contributed by atoms with van der Waals surface area (Å²) in [4.78, 5) is 28.4. The summed E-state index contributed by atoms with van der Waals surface area (Å²) in [6.45, 7) is 4.01. The molecule has 0 N–H and O–H groups in total. The van der Waals surface area contributed by atoms with Crippen molar-refractivity contribution >= 4 is 11.8 Å². The molecule has 18 heavy (non-hydrogen) atoms. The van der Waals surface area contributed by atoms with Crippen molar-refractivity contribution < 1.29 is 9.59 Å². The van der Waals surface area contributed by atoms with Gasteiger partial charge in [0.15, 0.2) is 0 Å². The van der Waals surface area contributed by atoms with E-state index < -0.39 is 0 Å². The second-order valence-electron chi connectivity index (χ2n) is 5.66. The molecule has 4 bridgehead atoms. The fourth-order valence-electron chi connectivity index (χ4n) is 3.56. The molecule has 0 aromatic carbocycles. The molecule has 0 radical (unpaired) electrons. The van der Waals surface area contributed by atoms with Crippen LogP contribution >= 0.6 is 0 Å². The van der Waals surface area contributed by atoms with E-state index in [2.05, 4.69) is 12.2 Å². The van der Waals surface area contributed by atoms with Gasteiger partial charge in [0.25, 0.3) is 0 Å². The number of nitrogens with zero attached hydrogens (tertiary/aromatic N) is 2. The van der Waals surface area contributed by atoms with Gasteiger partial charge in [-0.2, -0.15) is 0 Å². The first-order valence-corrected chi connectivity index (χ1v) is 6.33. The number of amides is 2. The van der Waals surface area contributed by atoms with Crippen LogP contribution in [-0.2, 0) is 9.59 Å². The zero-order chi connectivity index (χ0) is 13.2. The molecule has 1 fully saturated rings. The molecule has 4 unspecified atom stereocenters. The van der Waals surface area contributed by atoms with E-state index in [4.69, 9.17) is 0 Å². The predicted octanol–water partition coefficient (Wildman–Crippen LogP) is 0.806. The molecule has 6 rings (SSSR count). The van der Waals surface area contributed by atoms with E-state index in [-0.39, 0.29) is 35.7 Å². The number of rotatable bonds is 0. The van der Waals surface area contributed by atoms with Gasteiger partial charge in [0, 0.05) is 14.1 Å². The molecule has 0 aromatic rings. The molecule has 1 aliphatic carbocycles. The van der Waals surface area contributed by atoms with Crippen LogP contribution < -0.4 is 0 Å². The minimum atomic E-state index is -0.212. The molecule has 0 aromatic heterocycles. The maximum absolute atomic E-state index is 12.4. The Morgan fingerprint density at radius 2 is 1.17 bits per heavy atom. The zero-order valence-corrected chi connectivity index (χ0v) is 11.2. The Hall–Kier alpha value is -1.58. The lowest BCUT2D eigenvalue weighted by molar-refractivity contribution is -0.149. The highest BCUT2D eigenvalue weighted by atomic mass is 16.2. The van der Waals surface area contributed by atoms with Gasteiger partial charge in [0.1, 0.15) is 0 Å². The van der Waals surface area contributed by atoms with Gasteiger partial charge in [-0.3, -0.25) is 9.59 Å². The summed E-state index contributed by atoms with van der Waals surface area (Å²) in [7, 11) is 3.62. The van der Waals surface area contributed by atoms with Gasteiger partial charge in [0.2, 0.25) is 11.8 Å². The zero-order valence-electron chi connectivity index (χ0n) is 11.2. The molecule has 4 atom stereocenters. The SMILES string of the molecule is CC1=CC2C3C(=O)N(C)C(C=C3C)C1C(=O)N2C. The van der Waals surface area contributed by atoms with Crippen molar-refractivity contribution in [2.75, 3.05) is 14.1 Å². The third-order valence-electron chi connectivity index (χ3n) is 4.65. The van der Waals surface area contributed by atoms with Gasteiger partial charge in [-0.25, -0.2) is 0 Å². The first-order valence-electron chi connectivity index (χ1n) is 6.33. The summed E-state index contributed by atoms with van der Waals surface area (Å²) in [6.07, 6.45) is 4.20. The second kappa shape index (κ2) is 3.46. The Balaban J connectivity index is 2.25. The molecule has 96 valence electrons. The van der Waals surface area contributed by atoms with Crippen molar-refractivity contribution in [3.63, 3.8) is 0 Å². The number of likely N-dealkylation sites (N-methyl/N-ethyl adjacent to an activating group) is 2. The number of carbonyl (C=O) groups is 2. The fraction of sp³-hybridized carbons (Fsp3) is 0.571. The molecule has 4 nitrogen and oxygen atoms in total. The predicted molar refractivity (Wildman–Crippen MR) is 67.6 cm³/mol. The third-order valence-corrected chi connectivity index (χ3v) is 4.65. The number of hydrogen-bond acceptors (Lipinski definition) is 2. The highest BCUT2D eigenvalue weighted by Gasteiger charge is 2.50. The van der Waals surface area contributed by atoms with E-state index in [1.807, 2.05) is 27.9 Å². The Kier molecular flexibility index (Phi) is 2.22. The maximum atomic E-state index is 12.4. The summed E-state index contributed by atoms with van der Waals surface area (Å²) in [5.41, 5.74) is 2.20. The molecule has 0 spiro atoms. The maximum Gasteiger partial charge on any atom is 0.232 e. The lowest BCUT2D eigenvalue weighted by Gasteiger charge is -2.50. The average Bonchev–Trinajstić information content (AvgIpc) is 2.30. The van der Waals surface area contributed by atoms with Crippen LogP contribution in [0.15, 0.2) is 23.3 Å². The molecule has 2 amide bonds. The topological polar surface area (TPSA) is 40.6 Å². The van der Waals surface area contributed by atoms with E-state index in [0.717, 1.165) is 11.1 Å². The van der Waals surface area contributed by atoms with E-state index >= 15 is 0 Å². The number of carbonyl (C=O) groups excluding carboxylic acids is 2. The summed E-state index contributed by atoms with van der Waals surface area (Å²) >= 11 is 0. The van der Waals surface area contributed by atoms with Gasteiger partial charge >= 0.3 is 0 Å². The monoisotopic (exact) mass is 246 g/mol. The van der Waals surface area contributed by atoms with E-state index in [1.54, 1.807) is 9.80 Å². The van der Waals surface area contributed by atoms with Crippen molar-refractivity contribution in [2.24, 2.45) is 11.8 Å². The van der Waals surface area contributed by atoms with Crippen LogP contribution in [-0.4, -0.2) is 47.8 Å². The lowest BCUT2D eigenvalue weighted by Crippen LogP contribution is -2.62. The van der Waals surface area contributed by atoms with E-state index in [9.17, 15) is 9.59 Å². The van der Waals surface area contributed by atoms with Crippen LogP contribution in [0.5, 0.6) is 0 Å². The van der Waals surface area contributed by atoms with Gasteiger partial charge in [-0.1, -0.05) is 23.3 Å². The highest BCUT2D eigenvalue weighted by Crippen LogP contribution is 2.41. The van der Waals surface area contributed by atoms with Gasteiger partial charge in [-0.05, 0) is 13.8 Å². The van der Waals surface area contributed by atoms with Crippen molar-refractivity contribution in [2.45, 2.75) is 25.9 Å². The lowest BCUT2D eigenvalue weighted by atomic mass is 9.72. The van der Waals surface area contributed by atoms with E-state index in [1.165, 1.54) is 0 Å². The Morgan fingerprint density at radius 3 is 1.50 bits per heavy atom. The van der Waals surface area contributed by atoms with Crippen molar-refractivity contribution in [3.8, 4) is 0 Å². The van der Waals surface area contributed by atoms with E-state index in [0.29, 0.717) is 0 Å². The smallest absolute Gasteiger partial charge is 0.232 e. The largest absolute Gasteiger partial charge is 0.338 e. The van der Waals surface area contributed by atoms with Crippen LogP contribution in [0.2, 0.25) is 0 Å². The molecule has 5 heterocycles. The molecule has 4 heteroatoms. The molecule has 1 saturated heterocycles. The molecule has 6 aliphatic rings. The minimum absolute atomic E-state index is 0.124. The van der Waals surface area contributed by atoms with Crippen molar-refractivity contribution in [3.05, 3.63) is 23.3 Å². The molecule has 0 saturated carbocycles. The second-order valence-corrected chi connectivity index (χ2v) is 5.66. The van der Waals surface area contributed by atoms with Crippen LogP contribution in [0.3, 0.4) is 0 Å². The highest BCUT2D eigenvalue weighted by molar-refractivity contribution is 5.92. The van der Waals surface area contributed by atoms with Gasteiger partial charge in [0.05, 0.1) is 23.9 Å². The van der Waals surface area contributed by atoms with Crippen LogP contribution in [0.4, 0.5) is 0 Å². The van der Waals surface area contributed by atoms with Crippen LogP contribution in [0.25, 0.3) is 0 Å². The summed E-state index contributed by atoms with van der Waals surface area (Å²) in [5.74, 6) is -0.149. The van der Waals surface area contributed by atoms with Gasteiger partial charge < -0.3 is 9.80 Å². The van der Waals surface area contributed by atoms with Gasteiger partial charge in [-0.15, -0.1) is 0 Å². The Morgan fingerprint density at radius 1 is 0.833 bits per heavy atom. The van der Waals surface area contributed by atoms with Crippen LogP contribution in [0.1, 0.15) is 13.8 Å². The average molecular weight is 246 g/mol. The minimum Gasteiger partial charge on any atom is -0.338 e. The van der Waals surface area contributed by atoms with Crippen LogP contribution in [0, 0.1) is 11.8 Å². The molecular weight excluding hydrogens is 228 g/mol. The normalized spacial score (nSPS) is 38.7. The fourth-order valence-corrected chi connectivity index (χ4v) is 3.56. The standard InChI is InChI=1S/C14H18N2O2/c1-7-5-9-12-8(2)6-10(16(4)14(12)18)11(7)13(17)15(9)3/h5-6,9-12H,1-4H3. The first-order chi connectivity index (χ1) is 8.43. The Bertz CT molecular complexity index is 460. The first kappa shape index (κ1) is 11.5. The summed E-state index contributed by atoms with van der Waals surface area (Å²) in [5, 5.41) is 0.